The van der Waals surface area contributed by atoms with E-state index in [1.54, 1.807) is 17.1 Å². The predicted molar refractivity (Wildman–Crippen MR) is 125 cm³/mol. The Hall–Kier alpha value is -1.24. The molecule has 8 atom stereocenters. The Bertz CT molecular complexity index is 881. The van der Waals surface area contributed by atoms with E-state index in [1.807, 2.05) is 14.0 Å². The van der Waals surface area contributed by atoms with Gasteiger partial charge in [0.25, 0.3) is 0 Å². The number of aliphatic hydroxyl groups is 2. The molecule has 0 spiro atoms. The molecule has 0 saturated heterocycles. The summed E-state index contributed by atoms with van der Waals surface area (Å²) in [6.07, 6.45) is 13.1. The number of hydrogen-bond donors (Lipinski definition) is 2. The molecule has 2 N–H and O–H groups in total. The molecule has 4 saturated carbocycles. The molecule has 1 aromatic heterocycles. The van der Waals surface area contributed by atoms with Crippen LogP contribution in [0.1, 0.15) is 77.2 Å². The Labute approximate surface area is 198 Å². The fraction of sp³-hybridized carbons (Fsp3) is 0.852. The molecule has 0 bridgehead atoms. The van der Waals surface area contributed by atoms with Gasteiger partial charge in [-0.2, -0.15) is 5.10 Å². The Balaban J connectivity index is 1.36. The molecule has 4 fully saturated rings. The van der Waals surface area contributed by atoms with Crippen molar-refractivity contribution in [3.8, 4) is 0 Å². The van der Waals surface area contributed by atoms with Crippen molar-refractivity contribution in [3.63, 3.8) is 0 Å². The monoisotopic (exact) mass is 458 g/mol. The molecule has 33 heavy (non-hydrogen) atoms. The number of aromatic nitrogens is 2. The average molecular weight is 459 g/mol. The van der Waals surface area contributed by atoms with Gasteiger partial charge in [-0.1, -0.05) is 6.92 Å². The van der Waals surface area contributed by atoms with Crippen LogP contribution in [0.4, 0.5) is 0 Å². The lowest BCUT2D eigenvalue weighted by Crippen LogP contribution is -2.58. The third-order valence-electron chi connectivity index (χ3n) is 10.6. The zero-order valence-corrected chi connectivity index (χ0v) is 20.6. The number of nitrogens with zero attached hydrogens (tertiary/aromatic N) is 2. The number of carbonyl (C=O) groups is 1. The summed E-state index contributed by atoms with van der Waals surface area (Å²) in [6.45, 7) is 5.50. The summed E-state index contributed by atoms with van der Waals surface area (Å²) in [5.74, 6) is 2.88. The fourth-order valence-corrected chi connectivity index (χ4v) is 9.16. The van der Waals surface area contributed by atoms with Gasteiger partial charge in [0.1, 0.15) is 0 Å². The summed E-state index contributed by atoms with van der Waals surface area (Å²) in [5, 5.41) is 24.4. The Morgan fingerprint density at radius 3 is 2.70 bits per heavy atom. The summed E-state index contributed by atoms with van der Waals surface area (Å²) in [4.78, 5) is 13.4. The van der Waals surface area contributed by atoms with Gasteiger partial charge in [-0.05, 0) is 99.2 Å². The van der Waals surface area contributed by atoms with Crippen LogP contribution < -0.4 is 0 Å². The standard InChI is InChI=1S/C27H42N2O4/c1-25(32)10-11-27(17-33-3)19(12-25)4-5-20-21-6-7-23(26(21,2)9-8-22(20)27)24(31)15-29-14-18(16-30)13-28-29/h13-14,19-23,30,32H,4-12,15-17H2,1-3H3/t19-,20-,21-,22-,23+,25+,26-,27+/m0/s1. The maximum Gasteiger partial charge on any atom is 0.157 e. The number of rotatable bonds is 6. The van der Waals surface area contributed by atoms with E-state index in [4.69, 9.17) is 4.74 Å². The number of hydrogen-bond acceptors (Lipinski definition) is 5. The first-order valence-corrected chi connectivity index (χ1v) is 13.1. The molecule has 6 nitrogen and oxygen atoms in total. The molecule has 0 aliphatic heterocycles. The van der Waals surface area contributed by atoms with Crippen molar-refractivity contribution in [3.05, 3.63) is 18.0 Å². The molecule has 5 rings (SSSR count). The molecule has 1 heterocycles. The van der Waals surface area contributed by atoms with Crippen LogP contribution in [-0.2, 0) is 22.7 Å². The number of Topliss-reactive ketones (excluding diaryl/α,β-unsaturated/α-hetero) is 1. The van der Waals surface area contributed by atoms with E-state index in [-0.39, 0.29) is 23.4 Å². The first kappa shape index (κ1) is 23.5. The van der Waals surface area contributed by atoms with Crippen LogP contribution in [0.3, 0.4) is 0 Å². The predicted octanol–water partition coefficient (Wildman–Crippen LogP) is 3.98. The highest BCUT2D eigenvalue weighted by Gasteiger charge is 2.63. The largest absolute Gasteiger partial charge is 0.392 e. The number of fused-ring (bicyclic) bond motifs is 5. The van der Waals surface area contributed by atoms with Crippen molar-refractivity contribution in [1.82, 2.24) is 9.78 Å². The number of methoxy groups -OCH3 is 1. The SMILES string of the molecule is COC[C@]12CC[C@@](C)(O)C[C@@H]1CC[C@H]1[C@@H]3CC[C@H](C(=O)Cn4cc(CO)cn4)[C@@]3(C)CC[C@@H]12. The van der Waals surface area contributed by atoms with Crippen molar-refractivity contribution in [1.29, 1.82) is 0 Å². The summed E-state index contributed by atoms with van der Waals surface area (Å²) in [5.41, 5.74) is 0.488. The highest BCUT2D eigenvalue weighted by molar-refractivity contribution is 5.82. The molecule has 0 aromatic carbocycles. The van der Waals surface area contributed by atoms with Crippen molar-refractivity contribution in [2.75, 3.05) is 13.7 Å². The van der Waals surface area contributed by atoms with E-state index in [0.717, 1.165) is 50.7 Å². The molecule has 6 heteroatoms. The number of ether oxygens (including phenoxy) is 1. The Kier molecular flexibility index (Phi) is 6.02. The lowest BCUT2D eigenvalue weighted by atomic mass is 9.43. The van der Waals surface area contributed by atoms with Crippen LogP contribution in [0.2, 0.25) is 0 Å². The van der Waals surface area contributed by atoms with Gasteiger partial charge < -0.3 is 14.9 Å². The quantitative estimate of drug-likeness (QED) is 0.674. The second-order valence-electron chi connectivity index (χ2n) is 12.4. The van der Waals surface area contributed by atoms with Crippen LogP contribution in [0, 0.1) is 40.4 Å². The van der Waals surface area contributed by atoms with Crippen LogP contribution in [-0.4, -0.2) is 45.1 Å². The van der Waals surface area contributed by atoms with Crippen molar-refractivity contribution in [2.24, 2.45) is 40.4 Å². The number of ketones is 1. The first-order chi connectivity index (χ1) is 15.7. The molecule has 0 amide bonds. The van der Waals surface area contributed by atoms with Crippen LogP contribution >= 0.6 is 0 Å². The van der Waals surface area contributed by atoms with Gasteiger partial charge in [-0.15, -0.1) is 0 Å². The molecular formula is C27H42N2O4. The lowest BCUT2D eigenvalue weighted by Gasteiger charge is -2.62. The average Bonchev–Trinajstić information content (AvgIpc) is 3.37. The minimum Gasteiger partial charge on any atom is -0.392 e. The summed E-state index contributed by atoms with van der Waals surface area (Å²) in [7, 11) is 1.84. The molecular weight excluding hydrogens is 416 g/mol. The number of carbonyl (C=O) groups excluding carboxylic acids is 1. The molecule has 0 unspecified atom stereocenters. The van der Waals surface area contributed by atoms with Gasteiger partial charge in [0.15, 0.2) is 5.78 Å². The maximum absolute atomic E-state index is 13.4. The van der Waals surface area contributed by atoms with E-state index in [1.165, 1.54) is 19.3 Å². The third kappa shape index (κ3) is 3.81. The van der Waals surface area contributed by atoms with E-state index in [9.17, 15) is 15.0 Å². The second-order valence-corrected chi connectivity index (χ2v) is 12.4. The van der Waals surface area contributed by atoms with Crippen molar-refractivity contribution in [2.45, 2.75) is 90.4 Å². The van der Waals surface area contributed by atoms with Crippen LogP contribution in [0.15, 0.2) is 12.4 Å². The van der Waals surface area contributed by atoms with Gasteiger partial charge in [0, 0.05) is 24.8 Å². The van der Waals surface area contributed by atoms with Crippen LogP contribution in [0.5, 0.6) is 0 Å². The van der Waals surface area contributed by atoms with Gasteiger partial charge in [0.2, 0.25) is 0 Å². The smallest absolute Gasteiger partial charge is 0.157 e. The summed E-state index contributed by atoms with van der Waals surface area (Å²) < 4.78 is 7.57. The highest BCUT2D eigenvalue weighted by Crippen LogP contribution is 2.68. The van der Waals surface area contributed by atoms with Crippen molar-refractivity contribution >= 4 is 5.78 Å². The lowest BCUT2D eigenvalue weighted by molar-refractivity contribution is -0.175. The third-order valence-corrected chi connectivity index (χ3v) is 10.6. The van der Waals surface area contributed by atoms with E-state index >= 15 is 0 Å². The minimum atomic E-state index is -0.537. The zero-order valence-electron chi connectivity index (χ0n) is 20.6. The molecule has 184 valence electrons. The molecule has 4 aliphatic carbocycles. The maximum atomic E-state index is 13.4. The zero-order chi connectivity index (χ0) is 23.4. The molecule has 1 aromatic rings. The fourth-order valence-electron chi connectivity index (χ4n) is 9.16. The normalized spacial score (nSPS) is 44.7. The van der Waals surface area contributed by atoms with E-state index < -0.39 is 5.60 Å². The van der Waals surface area contributed by atoms with Gasteiger partial charge in [0.05, 0.1) is 31.6 Å². The molecule has 4 aliphatic rings. The Morgan fingerprint density at radius 1 is 1.15 bits per heavy atom. The topological polar surface area (TPSA) is 84.6 Å². The van der Waals surface area contributed by atoms with Gasteiger partial charge in [-0.3, -0.25) is 9.48 Å². The van der Waals surface area contributed by atoms with E-state index in [2.05, 4.69) is 12.0 Å². The summed E-state index contributed by atoms with van der Waals surface area (Å²) >= 11 is 0. The first-order valence-electron chi connectivity index (χ1n) is 13.1. The minimum absolute atomic E-state index is 0.0415. The summed E-state index contributed by atoms with van der Waals surface area (Å²) in [6, 6.07) is 0. The number of aliphatic hydroxyl groups excluding tert-OH is 1. The van der Waals surface area contributed by atoms with Crippen LogP contribution in [0.25, 0.3) is 0 Å². The Morgan fingerprint density at radius 2 is 1.97 bits per heavy atom. The van der Waals surface area contributed by atoms with E-state index in [0.29, 0.717) is 36.0 Å². The highest BCUT2D eigenvalue weighted by atomic mass is 16.5. The van der Waals surface area contributed by atoms with Gasteiger partial charge in [-0.25, -0.2) is 0 Å². The second kappa shape index (κ2) is 8.46. The van der Waals surface area contributed by atoms with Gasteiger partial charge >= 0.3 is 0 Å². The molecule has 0 radical (unpaired) electrons. The van der Waals surface area contributed by atoms with Crippen molar-refractivity contribution < 1.29 is 19.7 Å².